The Bertz CT molecular complexity index is 926. The minimum atomic E-state index is -0.0746. The van der Waals surface area contributed by atoms with Crippen molar-refractivity contribution >= 4 is 29.3 Å². The lowest BCUT2D eigenvalue weighted by atomic mass is 10.1. The van der Waals surface area contributed by atoms with Crippen molar-refractivity contribution in [2.45, 2.75) is 18.5 Å². The number of carbonyl (C=O) groups excluding carboxylic acids is 1. The average molecular weight is 402 g/mol. The van der Waals surface area contributed by atoms with E-state index < -0.39 is 0 Å². The molecule has 0 bridgehead atoms. The van der Waals surface area contributed by atoms with Gasteiger partial charge in [-0.15, -0.1) is 10.2 Å². The van der Waals surface area contributed by atoms with Gasteiger partial charge in [0.15, 0.2) is 5.82 Å². The number of nitrogens with two attached hydrogens (primary N) is 1. The van der Waals surface area contributed by atoms with Crippen molar-refractivity contribution in [2.75, 3.05) is 18.1 Å². The van der Waals surface area contributed by atoms with Crippen molar-refractivity contribution in [3.05, 3.63) is 64.7 Å². The molecule has 1 aromatic heterocycles. The third-order valence-corrected chi connectivity index (χ3v) is 5.23. The lowest BCUT2D eigenvalue weighted by molar-refractivity contribution is -0.118. The molecule has 0 spiro atoms. The maximum Gasteiger partial charge on any atom is 0.230 e. The van der Waals surface area contributed by atoms with E-state index in [4.69, 9.17) is 17.4 Å². The highest BCUT2D eigenvalue weighted by Gasteiger charge is 2.14. The van der Waals surface area contributed by atoms with E-state index in [2.05, 4.69) is 15.5 Å². The molecule has 3 N–H and O–H groups in total. The highest BCUT2D eigenvalue weighted by molar-refractivity contribution is 7.99. The van der Waals surface area contributed by atoms with Crippen LogP contribution >= 0.6 is 23.4 Å². The normalized spacial score (nSPS) is 10.7. The second kappa shape index (κ2) is 8.92. The Morgan fingerprint density at radius 2 is 1.93 bits per heavy atom. The monoisotopic (exact) mass is 401 g/mol. The van der Waals surface area contributed by atoms with Crippen LogP contribution in [0.4, 0.5) is 0 Å². The largest absolute Gasteiger partial charge is 0.355 e. The zero-order valence-corrected chi connectivity index (χ0v) is 16.4. The maximum absolute atomic E-state index is 12.1. The van der Waals surface area contributed by atoms with Crippen LogP contribution < -0.4 is 11.2 Å². The van der Waals surface area contributed by atoms with Gasteiger partial charge in [0.1, 0.15) is 0 Å². The topological polar surface area (TPSA) is 85.8 Å². The van der Waals surface area contributed by atoms with Crippen LogP contribution in [0.25, 0.3) is 11.4 Å². The van der Waals surface area contributed by atoms with Gasteiger partial charge in [0.2, 0.25) is 11.1 Å². The first kappa shape index (κ1) is 19.3. The number of carbonyl (C=O) groups is 1. The molecule has 0 fully saturated rings. The summed E-state index contributed by atoms with van der Waals surface area (Å²) in [4.78, 5) is 12.1. The molecule has 0 saturated carbocycles. The minimum Gasteiger partial charge on any atom is -0.355 e. The molecule has 3 aromatic rings. The van der Waals surface area contributed by atoms with Gasteiger partial charge >= 0.3 is 0 Å². The van der Waals surface area contributed by atoms with Gasteiger partial charge in [-0.1, -0.05) is 59.8 Å². The smallest absolute Gasteiger partial charge is 0.230 e. The maximum atomic E-state index is 12.1. The first-order chi connectivity index (χ1) is 13.0. The molecule has 0 saturated heterocycles. The highest BCUT2D eigenvalue weighted by atomic mass is 35.5. The molecule has 140 valence electrons. The number of aromatic nitrogens is 3. The first-order valence-electron chi connectivity index (χ1n) is 8.45. The van der Waals surface area contributed by atoms with E-state index in [0.717, 1.165) is 23.1 Å². The SMILES string of the molecule is Cc1ccccc1-c1nnc(SCC(=O)NCCc2ccc(Cl)cc2)n1N. The number of nitrogen functional groups attached to an aromatic ring is 1. The lowest BCUT2D eigenvalue weighted by Crippen LogP contribution is -2.27. The van der Waals surface area contributed by atoms with Crippen molar-refractivity contribution < 1.29 is 4.79 Å². The molecule has 0 radical (unpaired) electrons. The van der Waals surface area contributed by atoms with Gasteiger partial charge in [-0.25, -0.2) is 4.68 Å². The highest BCUT2D eigenvalue weighted by Crippen LogP contribution is 2.23. The quantitative estimate of drug-likeness (QED) is 0.469. The zero-order valence-electron chi connectivity index (χ0n) is 14.9. The summed E-state index contributed by atoms with van der Waals surface area (Å²) in [5.41, 5.74) is 3.11. The second-order valence-corrected chi connectivity index (χ2v) is 7.39. The van der Waals surface area contributed by atoms with Gasteiger partial charge in [-0.3, -0.25) is 4.79 Å². The molecule has 2 aromatic carbocycles. The van der Waals surface area contributed by atoms with E-state index in [0.29, 0.717) is 22.5 Å². The predicted octanol–water partition coefficient (Wildman–Crippen LogP) is 3.07. The molecule has 0 atom stereocenters. The summed E-state index contributed by atoms with van der Waals surface area (Å²) in [5, 5.41) is 12.4. The van der Waals surface area contributed by atoms with Crippen LogP contribution in [0.1, 0.15) is 11.1 Å². The number of hydrogen-bond donors (Lipinski definition) is 2. The predicted molar refractivity (Wildman–Crippen MR) is 109 cm³/mol. The summed E-state index contributed by atoms with van der Waals surface area (Å²) in [5.74, 6) is 6.84. The van der Waals surface area contributed by atoms with Gasteiger partial charge in [0.25, 0.3) is 0 Å². The Kier molecular flexibility index (Phi) is 6.36. The molecule has 3 rings (SSSR count). The number of amides is 1. The van der Waals surface area contributed by atoms with Crippen LogP contribution in [-0.2, 0) is 11.2 Å². The van der Waals surface area contributed by atoms with Crippen molar-refractivity contribution in [1.29, 1.82) is 0 Å². The number of thioether (sulfide) groups is 1. The molecule has 6 nitrogen and oxygen atoms in total. The van der Waals surface area contributed by atoms with E-state index in [9.17, 15) is 4.79 Å². The molecular weight excluding hydrogens is 382 g/mol. The number of nitrogens with one attached hydrogen (secondary N) is 1. The fourth-order valence-corrected chi connectivity index (χ4v) is 3.37. The van der Waals surface area contributed by atoms with Crippen molar-refractivity contribution in [3.8, 4) is 11.4 Å². The van der Waals surface area contributed by atoms with Gasteiger partial charge < -0.3 is 11.2 Å². The zero-order chi connectivity index (χ0) is 19.2. The summed E-state index contributed by atoms with van der Waals surface area (Å²) in [6, 6.07) is 15.4. The number of nitrogens with zero attached hydrogens (tertiary/aromatic N) is 3. The standard InChI is InChI=1S/C19H20ClN5OS/c1-13-4-2-3-5-16(13)18-23-24-19(25(18)21)27-12-17(26)22-11-10-14-6-8-15(20)9-7-14/h2-9H,10-12,21H2,1H3,(H,22,26). The molecule has 0 aliphatic heterocycles. The van der Waals surface area contributed by atoms with Crippen molar-refractivity contribution in [3.63, 3.8) is 0 Å². The van der Waals surface area contributed by atoms with Crippen LogP contribution in [-0.4, -0.2) is 33.1 Å². The number of hydrogen-bond acceptors (Lipinski definition) is 5. The number of rotatable bonds is 7. The average Bonchev–Trinajstić information content (AvgIpc) is 3.02. The van der Waals surface area contributed by atoms with Crippen LogP contribution in [0.15, 0.2) is 53.7 Å². The first-order valence-corrected chi connectivity index (χ1v) is 9.81. The minimum absolute atomic E-state index is 0.0746. The van der Waals surface area contributed by atoms with E-state index >= 15 is 0 Å². The van der Waals surface area contributed by atoms with Gasteiger partial charge in [0.05, 0.1) is 5.75 Å². The molecule has 0 unspecified atom stereocenters. The molecule has 8 heteroatoms. The molecule has 1 amide bonds. The Labute approximate surface area is 167 Å². The Balaban J connectivity index is 1.50. The Hall–Kier alpha value is -2.51. The fourth-order valence-electron chi connectivity index (χ4n) is 2.56. The van der Waals surface area contributed by atoms with Crippen molar-refractivity contribution in [1.82, 2.24) is 20.2 Å². The Morgan fingerprint density at radius 1 is 1.19 bits per heavy atom. The van der Waals surface area contributed by atoms with Gasteiger partial charge in [-0.2, -0.15) is 0 Å². The van der Waals surface area contributed by atoms with Crippen molar-refractivity contribution in [2.24, 2.45) is 0 Å². The lowest BCUT2D eigenvalue weighted by Gasteiger charge is -2.07. The van der Waals surface area contributed by atoms with E-state index in [-0.39, 0.29) is 11.7 Å². The molecule has 1 heterocycles. The fraction of sp³-hybridized carbons (Fsp3) is 0.211. The van der Waals surface area contributed by atoms with E-state index in [1.165, 1.54) is 16.4 Å². The third kappa shape index (κ3) is 5.02. The molecule has 0 aliphatic carbocycles. The van der Waals surface area contributed by atoms with Gasteiger partial charge in [0, 0.05) is 17.1 Å². The molecule has 27 heavy (non-hydrogen) atoms. The third-order valence-electron chi connectivity index (χ3n) is 4.03. The van der Waals surface area contributed by atoms with E-state index in [1.807, 2.05) is 55.5 Å². The second-order valence-electron chi connectivity index (χ2n) is 6.01. The summed E-state index contributed by atoms with van der Waals surface area (Å²) in [6.45, 7) is 2.55. The number of halogens is 1. The Morgan fingerprint density at radius 3 is 2.67 bits per heavy atom. The van der Waals surface area contributed by atoms with Crippen LogP contribution in [0.3, 0.4) is 0 Å². The summed E-state index contributed by atoms with van der Waals surface area (Å²) in [6.07, 6.45) is 0.748. The summed E-state index contributed by atoms with van der Waals surface area (Å²) in [7, 11) is 0. The van der Waals surface area contributed by atoms with Crippen LogP contribution in [0.2, 0.25) is 5.02 Å². The van der Waals surface area contributed by atoms with Crippen LogP contribution in [0, 0.1) is 6.92 Å². The molecular formula is C19H20ClN5OS. The van der Waals surface area contributed by atoms with E-state index in [1.54, 1.807) is 0 Å². The number of benzene rings is 2. The summed E-state index contributed by atoms with van der Waals surface area (Å²) >= 11 is 7.12. The number of aryl methyl sites for hydroxylation is 1. The van der Waals surface area contributed by atoms with Gasteiger partial charge in [-0.05, 0) is 36.6 Å². The van der Waals surface area contributed by atoms with Crippen LogP contribution in [0.5, 0.6) is 0 Å². The summed E-state index contributed by atoms with van der Waals surface area (Å²) < 4.78 is 1.42. The molecule has 0 aliphatic rings.